The Morgan fingerprint density at radius 1 is 1.20 bits per heavy atom. The zero-order chi connectivity index (χ0) is 14.5. The normalized spacial score (nSPS) is 10.7. The Bertz CT molecular complexity index is 578. The minimum atomic E-state index is 0.315. The lowest BCUT2D eigenvalue weighted by Crippen LogP contribution is -2.13. The van der Waals surface area contributed by atoms with Gasteiger partial charge < -0.3 is 10.6 Å². The van der Waals surface area contributed by atoms with Crippen LogP contribution in [-0.2, 0) is 6.42 Å². The molecule has 0 radical (unpaired) electrons. The van der Waals surface area contributed by atoms with E-state index in [1.165, 1.54) is 11.1 Å². The Morgan fingerprint density at radius 3 is 2.70 bits per heavy atom. The molecule has 4 nitrogen and oxygen atoms in total. The molecular weight excluding hydrogens is 248 g/mol. The van der Waals surface area contributed by atoms with Gasteiger partial charge in [0.05, 0.1) is 0 Å². The lowest BCUT2D eigenvalue weighted by atomic mass is 10.1. The van der Waals surface area contributed by atoms with Gasteiger partial charge in [-0.25, -0.2) is 4.98 Å². The number of anilines is 3. The van der Waals surface area contributed by atoms with Crippen molar-refractivity contribution in [3.05, 3.63) is 41.6 Å². The van der Waals surface area contributed by atoms with Crippen molar-refractivity contribution < 1.29 is 0 Å². The van der Waals surface area contributed by atoms with Crippen LogP contribution in [0.15, 0.2) is 30.5 Å². The largest absolute Gasteiger partial charge is 0.352 e. The van der Waals surface area contributed by atoms with Gasteiger partial charge in [-0.15, -0.1) is 0 Å². The maximum atomic E-state index is 4.49. The van der Waals surface area contributed by atoms with E-state index >= 15 is 0 Å². The first-order valence-electron chi connectivity index (χ1n) is 7.05. The fourth-order valence-electron chi connectivity index (χ4n) is 2.09. The van der Waals surface area contributed by atoms with E-state index in [0.29, 0.717) is 12.0 Å². The van der Waals surface area contributed by atoms with Crippen LogP contribution in [-0.4, -0.2) is 16.0 Å². The van der Waals surface area contributed by atoms with E-state index in [1.54, 1.807) is 6.20 Å². The number of benzene rings is 1. The van der Waals surface area contributed by atoms with E-state index < -0.39 is 0 Å². The Balaban J connectivity index is 2.26. The third kappa shape index (κ3) is 3.47. The van der Waals surface area contributed by atoms with Gasteiger partial charge in [-0.3, -0.25) is 0 Å². The summed E-state index contributed by atoms with van der Waals surface area (Å²) in [5.41, 5.74) is 3.66. The first-order valence-corrected chi connectivity index (χ1v) is 7.05. The molecule has 0 atom stereocenters. The second kappa shape index (κ2) is 6.37. The topological polar surface area (TPSA) is 49.8 Å². The number of nitrogens with one attached hydrogen (secondary N) is 2. The van der Waals surface area contributed by atoms with Gasteiger partial charge in [0.2, 0.25) is 5.95 Å². The fraction of sp³-hybridized carbons (Fsp3) is 0.375. The lowest BCUT2D eigenvalue weighted by Gasteiger charge is -2.14. The Hall–Kier alpha value is -2.10. The van der Waals surface area contributed by atoms with Crippen molar-refractivity contribution >= 4 is 17.5 Å². The van der Waals surface area contributed by atoms with E-state index in [4.69, 9.17) is 0 Å². The zero-order valence-electron chi connectivity index (χ0n) is 12.6. The molecule has 0 amide bonds. The first kappa shape index (κ1) is 14.3. The van der Waals surface area contributed by atoms with Crippen LogP contribution in [0.4, 0.5) is 17.5 Å². The SMILES string of the molecule is CCc1cccc(C)c1Nc1ccnc(NC(C)C)n1. The van der Waals surface area contributed by atoms with Gasteiger partial charge in [-0.1, -0.05) is 25.1 Å². The first-order chi connectivity index (χ1) is 9.60. The maximum Gasteiger partial charge on any atom is 0.224 e. The molecule has 2 N–H and O–H groups in total. The molecule has 4 heteroatoms. The molecule has 2 aromatic rings. The smallest absolute Gasteiger partial charge is 0.224 e. The summed E-state index contributed by atoms with van der Waals surface area (Å²) in [6.45, 7) is 8.40. The molecule has 0 saturated carbocycles. The molecule has 0 unspecified atom stereocenters. The molecule has 0 aliphatic carbocycles. The monoisotopic (exact) mass is 270 g/mol. The fourth-order valence-corrected chi connectivity index (χ4v) is 2.09. The summed E-state index contributed by atoms with van der Waals surface area (Å²) < 4.78 is 0. The van der Waals surface area contributed by atoms with E-state index in [2.05, 4.69) is 66.5 Å². The van der Waals surface area contributed by atoms with Gasteiger partial charge in [0.25, 0.3) is 0 Å². The van der Waals surface area contributed by atoms with Gasteiger partial charge in [-0.05, 0) is 44.4 Å². The molecule has 0 bridgehead atoms. The number of para-hydroxylation sites is 1. The minimum absolute atomic E-state index is 0.315. The van der Waals surface area contributed by atoms with Gasteiger partial charge in [0.15, 0.2) is 0 Å². The molecule has 0 aliphatic heterocycles. The average molecular weight is 270 g/mol. The lowest BCUT2D eigenvalue weighted by molar-refractivity contribution is 0.875. The highest BCUT2D eigenvalue weighted by atomic mass is 15.1. The van der Waals surface area contributed by atoms with Crippen molar-refractivity contribution in [1.82, 2.24) is 9.97 Å². The van der Waals surface area contributed by atoms with Crippen LogP contribution in [0.5, 0.6) is 0 Å². The second-order valence-corrected chi connectivity index (χ2v) is 5.15. The predicted molar refractivity (Wildman–Crippen MR) is 84.6 cm³/mol. The van der Waals surface area contributed by atoms with Gasteiger partial charge in [-0.2, -0.15) is 4.98 Å². The third-order valence-corrected chi connectivity index (χ3v) is 3.07. The summed E-state index contributed by atoms with van der Waals surface area (Å²) in [6, 6.07) is 8.54. The molecule has 1 aromatic heterocycles. The van der Waals surface area contributed by atoms with Crippen LogP contribution in [0.2, 0.25) is 0 Å². The van der Waals surface area contributed by atoms with Crippen molar-refractivity contribution in [3.63, 3.8) is 0 Å². The molecule has 0 fully saturated rings. The van der Waals surface area contributed by atoms with Gasteiger partial charge in [0.1, 0.15) is 5.82 Å². The van der Waals surface area contributed by atoms with Crippen molar-refractivity contribution in [2.75, 3.05) is 10.6 Å². The Morgan fingerprint density at radius 2 is 2.00 bits per heavy atom. The second-order valence-electron chi connectivity index (χ2n) is 5.15. The van der Waals surface area contributed by atoms with Crippen LogP contribution in [0.25, 0.3) is 0 Å². The quantitative estimate of drug-likeness (QED) is 0.864. The van der Waals surface area contributed by atoms with Crippen molar-refractivity contribution in [2.45, 2.75) is 40.2 Å². The number of hydrogen-bond acceptors (Lipinski definition) is 4. The standard InChI is InChI=1S/C16H22N4/c1-5-13-8-6-7-12(4)15(13)19-14-9-10-17-16(20-14)18-11(2)3/h6-11H,5H2,1-4H3,(H2,17,18,19,20). The number of hydrogen-bond donors (Lipinski definition) is 2. The molecule has 0 aliphatic rings. The Kier molecular flexibility index (Phi) is 4.56. The summed E-state index contributed by atoms with van der Waals surface area (Å²) in [7, 11) is 0. The van der Waals surface area contributed by atoms with E-state index in [-0.39, 0.29) is 0 Å². The number of aryl methyl sites for hydroxylation is 2. The van der Waals surface area contributed by atoms with Crippen LogP contribution < -0.4 is 10.6 Å². The van der Waals surface area contributed by atoms with E-state index in [0.717, 1.165) is 17.9 Å². The molecule has 1 aromatic carbocycles. The van der Waals surface area contributed by atoms with Crippen LogP contribution >= 0.6 is 0 Å². The number of aromatic nitrogens is 2. The minimum Gasteiger partial charge on any atom is -0.352 e. The highest BCUT2D eigenvalue weighted by molar-refractivity contribution is 5.65. The predicted octanol–water partition coefficient (Wildman–Crippen LogP) is 3.91. The molecule has 1 heterocycles. The van der Waals surface area contributed by atoms with E-state index in [9.17, 15) is 0 Å². The number of rotatable bonds is 5. The van der Waals surface area contributed by atoms with Gasteiger partial charge in [0, 0.05) is 17.9 Å². The summed E-state index contributed by atoms with van der Waals surface area (Å²) in [6.07, 6.45) is 2.76. The van der Waals surface area contributed by atoms with Crippen LogP contribution in [0.1, 0.15) is 31.9 Å². The van der Waals surface area contributed by atoms with Crippen molar-refractivity contribution in [3.8, 4) is 0 Å². The molecule has 0 spiro atoms. The van der Waals surface area contributed by atoms with E-state index in [1.807, 2.05) is 6.07 Å². The third-order valence-electron chi connectivity index (χ3n) is 3.07. The maximum absolute atomic E-state index is 4.49. The Labute approximate surface area is 120 Å². The zero-order valence-corrected chi connectivity index (χ0v) is 12.6. The highest BCUT2D eigenvalue weighted by Crippen LogP contribution is 2.24. The summed E-state index contributed by atoms with van der Waals surface area (Å²) in [5.74, 6) is 1.46. The molecule has 20 heavy (non-hydrogen) atoms. The van der Waals surface area contributed by atoms with Crippen molar-refractivity contribution in [2.24, 2.45) is 0 Å². The van der Waals surface area contributed by atoms with Crippen LogP contribution in [0.3, 0.4) is 0 Å². The summed E-state index contributed by atoms with van der Waals surface area (Å²) >= 11 is 0. The average Bonchev–Trinajstić information content (AvgIpc) is 2.41. The molecule has 106 valence electrons. The molecule has 0 saturated heterocycles. The highest BCUT2D eigenvalue weighted by Gasteiger charge is 2.06. The summed E-state index contributed by atoms with van der Waals surface area (Å²) in [5, 5.41) is 6.63. The van der Waals surface area contributed by atoms with Crippen LogP contribution in [0, 0.1) is 6.92 Å². The van der Waals surface area contributed by atoms with Crippen molar-refractivity contribution in [1.29, 1.82) is 0 Å². The summed E-state index contributed by atoms with van der Waals surface area (Å²) in [4.78, 5) is 8.72. The molecule has 2 rings (SSSR count). The van der Waals surface area contributed by atoms with Gasteiger partial charge >= 0.3 is 0 Å². The number of nitrogens with zero attached hydrogens (tertiary/aromatic N) is 2. The molecular formula is C16H22N4.